The molecule has 0 aromatic heterocycles. The van der Waals surface area contributed by atoms with Gasteiger partial charge in [0.2, 0.25) is 17.7 Å². The van der Waals surface area contributed by atoms with Gasteiger partial charge in [-0.25, -0.2) is 0 Å². The number of aliphatic imine (C=N–C) groups is 1. The van der Waals surface area contributed by atoms with Crippen molar-refractivity contribution in [2.45, 2.75) is 95.0 Å². The number of amides is 3. The van der Waals surface area contributed by atoms with Crippen molar-refractivity contribution in [1.29, 1.82) is 0 Å². The van der Waals surface area contributed by atoms with Gasteiger partial charge in [-0.1, -0.05) is 60.7 Å². The number of anilines is 4. The molecular weight excluding hydrogens is 1820 g/mol. The Morgan fingerprint density at radius 2 is 0.780 bits per heavy atom. The largest absolute Gasteiger partial charge is 1.00 e. The first-order chi connectivity index (χ1) is 57.8. The van der Waals surface area contributed by atoms with Crippen LogP contribution in [0.15, 0.2) is 126 Å². The second kappa shape index (κ2) is 70.0. The molecule has 28 nitrogen and oxygen atoms in total. The number of ether oxygens (including phenoxy) is 3. The molecule has 5 aromatic rings. The van der Waals surface area contributed by atoms with Gasteiger partial charge in [-0.15, -0.1) is 92.8 Å². The number of aliphatic hydroxyl groups is 2. The molecule has 0 bridgehead atoms. The van der Waals surface area contributed by atoms with Crippen LogP contribution in [0.5, 0.6) is 5.75 Å². The van der Waals surface area contributed by atoms with Crippen LogP contribution < -0.4 is 99.0 Å². The summed E-state index contributed by atoms with van der Waals surface area (Å²) in [6.07, 6.45) is 8.67. The molecule has 5 aromatic carbocycles. The van der Waals surface area contributed by atoms with Gasteiger partial charge in [0.1, 0.15) is 25.5 Å². The van der Waals surface area contributed by atoms with E-state index in [9.17, 15) is 52.8 Å². The molecule has 123 heavy (non-hydrogen) atoms. The fourth-order valence-electron chi connectivity index (χ4n) is 11.7. The molecule has 2 atom stereocenters. The van der Waals surface area contributed by atoms with Crippen LogP contribution in [0.25, 0.3) is 0 Å². The fourth-order valence-corrected chi connectivity index (χ4v) is 15.4. The second-order valence-corrected chi connectivity index (χ2v) is 34.8. The first-order valence-electron chi connectivity index (χ1n) is 39.9. The van der Waals surface area contributed by atoms with Crippen molar-refractivity contribution in [3.63, 3.8) is 0 Å². The number of hydrogen-bond donors (Lipinski definition) is 6. The Kier molecular flexibility index (Phi) is 67.7. The molecule has 7 N–H and O–H groups in total. The van der Waals surface area contributed by atoms with Crippen LogP contribution in [0.2, 0.25) is 0 Å². The number of carbonyl (C=O) groups excluding carboxylic acids is 5. The molecule has 5 rings (SSSR count). The Morgan fingerprint density at radius 3 is 1.09 bits per heavy atom. The number of carboxylic acids is 1. The number of aliphatic carboxylic acids is 1. The summed E-state index contributed by atoms with van der Waals surface area (Å²) in [6, 6.07) is 39.8. The third-order valence-electron chi connectivity index (χ3n) is 18.7. The molecular formula is C83H122Cl8N10Na2O18P2. The van der Waals surface area contributed by atoms with Gasteiger partial charge in [0.05, 0.1) is 32.8 Å². The molecule has 0 saturated carbocycles. The number of alkyl halides is 8. The number of aryl methyl sites for hydroxylation is 4. The van der Waals surface area contributed by atoms with Gasteiger partial charge in [-0.05, 0) is 153 Å². The van der Waals surface area contributed by atoms with Gasteiger partial charge in [0.25, 0.3) is 0 Å². The van der Waals surface area contributed by atoms with E-state index in [4.69, 9.17) is 133 Å². The van der Waals surface area contributed by atoms with Gasteiger partial charge in [-0.3, -0.25) is 33.8 Å². The smallest absolute Gasteiger partial charge is 0.776 e. The van der Waals surface area contributed by atoms with Crippen molar-refractivity contribution in [3.8, 4) is 5.75 Å². The van der Waals surface area contributed by atoms with Crippen molar-refractivity contribution in [2.24, 2.45) is 10.7 Å². The molecule has 0 aliphatic carbocycles. The van der Waals surface area contributed by atoms with Crippen molar-refractivity contribution in [3.05, 3.63) is 149 Å². The molecule has 680 valence electrons. The standard InChI is InChI=1S/C33H50Cl2N4O11P2.C19H29Cl2N3O3.C17H26Cl2N2O2.C14H19Cl2NO2.2Na/c1-37(18-14-33(42,51(43,44)45)52(46,47)48)17-5-22-49-30-8-3-7-28(24-30)25-36-26-32(41)50-23-21-38(2)31(40)9-4-6-27-10-12-29(13-11-27)39(19-15-34)20-16-35;1-23(13-14-27-19(26)15-22)18(25)4-2-3-16-5-7-17(8-6-16)24(11-9-20)12-10-21;1-20(13-14-22)17(23)4-2-3-15-5-7-16(8-6-15)21(11-9-18)12-10-19;15-8-10-17(11-9-16)13-6-4-12(5-7-13)2-1-3-14(18)19;;/h3,7-8,10-13,24-25,42H,4-6,9,14-23,26H2,1-2H3,(H2,43,44,45)(H2,46,47,48);5-8H,2-4,9-15,22H2,1H3;5-8,22H,2-4,9-14H2,1H3;4-7H,1-3,8-11H2,(H,18,19);;/q;;;;2*+1/p-2. The third kappa shape index (κ3) is 51.3. The molecule has 40 heteroatoms. The number of likely N-dealkylation sites (N-methyl/N-ethyl adjacent to an activating group) is 3. The number of benzene rings is 5. The summed E-state index contributed by atoms with van der Waals surface area (Å²) in [7, 11) is -5.00. The van der Waals surface area contributed by atoms with Crippen molar-refractivity contribution in [1.82, 2.24) is 19.6 Å². The number of halogens is 8. The second-order valence-electron chi connectivity index (χ2n) is 27.9. The van der Waals surface area contributed by atoms with E-state index in [1.165, 1.54) is 34.2 Å². The van der Waals surface area contributed by atoms with Crippen LogP contribution in [0.3, 0.4) is 0 Å². The first kappa shape index (κ1) is 119. The zero-order valence-electron chi connectivity index (χ0n) is 71.7. The molecule has 2 unspecified atom stereocenters. The van der Waals surface area contributed by atoms with E-state index < -0.39 is 44.6 Å². The number of carbonyl (C=O) groups is 6. The molecule has 0 aliphatic heterocycles. The van der Waals surface area contributed by atoms with Crippen molar-refractivity contribution in [2.75, 3.05) is 219 Å². The summed E-state index contributed by atoms with van der Waals surface area (Å²) in [5.41, 5.74) is 14.9. The average molecular weight is 1940 g/mol. The summed E-state index contributed by atoms with van der Waals surface area (Å²) in [4.78, 5) is 130. The van der Waals surface area contributed by atoms with Gasteiger partial charge in [0.15, 0.2) is 20.3 Å². The number of rotatable bonds is 58. The maximum Gasteiger partial charge on any atom is 1.00 e. The van der Waals surface area contributed by atoms with Gasteiger partial charge in [-0.2, -0.15) is 0 Å². The minimum atomic E-state index is -5.81. The quantitative estimate of drug-likeness (QED) is 0.00772. The van der Waals surface area contributed by atoms with Crippen molar-refractivity contribution >= 4 is 173 Å². The van der Waals surface area contributed by atoms with Gasteiger partial charge in [0, 0.05) is 201 Å². The number of carboxylic acid groups (broad SMARTS) is 1. The summed E-state index contributed by atoms with van der Waals surface area (Å²) in [6.45, 7) is 7.20. The maximum atomic E-state index is 12.5. The molecule has 0 radical (unpaired) electrons. The minimum Gasteiger partial charge on any atom is -0.776 e. The van der Waals surface area contributed by atoms with Crippen LogP contribution in [0, 0.1) is 0 Å². The number of nitrogens with two attached hydrogens (primary N) is 1. The van der Waals surface area contributed by atoms with Gasteiger partial charge >= 0.3 is 77.0 Å². The molecule has 3 amide bonds. The molecule has 0 spiro atoms. The van der Waals surface area contributed by atoms with E-state index in [1.54, 1.807) is 55.2 Å². The Bertz CT molecular complexity index is 3800. The zero-order chi connectivity index (χ0) is 90.0. The van der Waals surface area contributed by atoms with Gasteiger partial charge < -0.3 is 103 Å². The summed E-state index contributed by atoms with van der Waals surface area (Å²) in [5.74, 6) is 3.25. The first-order valence-corrected chi connectivity index (χ1v) is 47.3. The Labute approximate surface area is 810 Å². The Balaban J connectivity index is 0.00000176. The minimum absolute atomic E-state index is 0. The van der Waals surface area contributed by atoms with Crippen LogP contribution in [0.4, 0.5) is 22.7 Å². The van der Waals surface area contributed by atoms with Crippen LogP contribution in [-0.2, 0) is 73.1 Å². The average Bonchev–Trinajstić information content (AvgIpc) is 0.773. The molecule has 0 fully saturated rings. The summed E-state index contributed by atoms with van der Waals surface area (Å²) in [5, 5.41) is 23.6. The van der Waals surface area contributed by atoms with Crippen LogP contribution in [0.1, 0.15) is 92.0 Å². The molecule has 0 heterocycles. The molecule has 0 saturated heterocycles. The SMILES string of the molecule is CN(CCCOc1cccc(C=NCC(=O)OCCN(C)C(=O)CCCc2ccc(N(CCCl)CCCl)cc2)c1)CCC(O)(P(=O)([O-])O)P(=O)([O-])O.CN(CCO)C(=O)CCCc1ccc(N(CCCl)CCCl)cc1.CN(CCOC(=O)CN)C(=O)CCCc1ccc(N(CCCl)CCCl)cc1.O=C(O)CCCc1ccc(N(CCCl)CCCl)cc1.[Na+].[Na+]. The normalized spacial score (nSPS) is 12.3. The van der Waals surface area contributed by atoms with E-state index in [0.29, 0.717) is 130 Å². The summed E-state index contributed by atoms with van der Waals surface area (Å²) >= 11 is 46.7. The van der Waals surface area contributed by atoms with E-state index in [0.717, 1.165) is 112 Å². The Morgan fingerprint density at radius 1 is 0.455 bits per heavy atom. The fraction of sp³-hybridized carbons (Fsp3) is 0.554. The number of nitrogens with zero attached hydrogens (tertiary/aromatic N) is 9. The predicted octanol–water partition coefficient (Wildman–Crippen LogP) is 4.63. The van der Waals surface area contributed by atoms with E-state index >= 15 is 0 Å². The number of aliphatic hydroxyl groups excluding tert-OH is 1. The third-order valence-corrected chi connectivity index (χ3v) is 23.9. The number of hydrogen-bond acceptors (Lipinski definition) is 22. The maximum absolute atomic E-state index is 12.5. The van der Waals surface area contributed by atoms with Crippen molar-refractivity contribution < 1.29 is 146 Å². The monoisotopic (exact) mass is 1930 g/mol. The van der Waals surface area contributed by atoms with E-state index in [-0.39, 0.29) is 136 Å². The summed E-state index contributed by atoms with van der Waals surface area (Å²) < 4.78 is 38.5. The molecule has 0 aliphatic rings. The number of esters is 2. The topological polar surface area (TPSA) is 376 Å². The predicted molar refractivity (Wildman–Crippen MR) is 486 cm³/mol. The Hall–Kier alpha value is -3.95. The van der Waals surface area contributed by atoms with Crippen LogP contribution >= 0.6 is 108 Å². The van der Waals surface area contributed by atoms with E-state index in [2.05, 4.69) is 73.1 Å². The van der Waals surface area contributed by atoms with E-state index in [1.807, 2.05) is 48.5 Å². The van der Waals surface area contributed by atoms with Crippen LogP contribution in [-0.4, -0.2) is 291 Å². The zero-order valence-corrected chi connectivity index (χ0v) is 83.5.